The van der Waals surface area contributed by atoms with Gasteiger partial charge in [-0.3, -0.25) is 0 Å². The summed E-state index contributed by atoms with van der Waals surface area (Å²) in [5.41, 5.74) is 3.98. The van der Waals surface area contributed by atoms with E-state index in [1.807, 2.05) is 0 Å². The SMILES string of the molecule is CC1(C)[C@H]2CC[C@](C)(C2)[C@H]1[N+]1=Cc2ccccc2CC1. The average Bonchev–Trinajstić information content (AvgIpc) is 2.89. The Labute approximate surface area is 122 Å². The summed E-state index contributed by atoms with van der Waals surface area (Å²) in [6.07, 6.45) is 7.98. The van der Waals surface area contributed by atoms with Gasteiger partial charge in [-0.15, -0.1) is 0 Å². The van der Waals surface area contributed by atoms with E-state index in [0.717, 1.165) is 12.0 Å². The topological polar surface area (TPSA) is 3.01 Å². The monoisotopic (exact) mass is 268 g/mol. The molecule has 1 aromatic rings. The molecule has 0 unspecified atom stereocenters. The second-order valence-corrected chi connectivity index (χ2v) is 8.13. The van der Waals surface area contributed by atoms with Crippen molar-refractivity contribution in [3.8, 4) is 0 Å². The highest BCUT2D eigenvalue weighted by molar-refractivity contribution is 5.78. The molecule has 3 aliphatic rings. The van der Waals surface area contributed by atoms with Crippen LogP contribution >= 0.6 is 0 Å². The summed E-state index contributed by atoms with van der Waals surface area (Å²) in [6, 6.07) is 9.64. The van der Waals surface area contributed by atoms with Gasteiger partial charge in [0.05, 0.1) is 0 Å². The first-order chi connectivity index (χ1) is 9.51. The lowest BCUT2D eigenvalue weighted by molar-refractivity contribution is -0.593. The molecule has 0 aromatic heterocycles. The van der Waals surface area contributed by atoms with Crippen LogP contribution in [0.4, 0.5) is 0 Å². The summed E-state index contributed by atoms with van der Waals surface area (Å²) >= 11 is 0. The van der Waals surface area contributed by atoms with Gasteiger partial charge in [0.1, 0.15) is 6.54 Å². The van der Waals surface area contributed by atoms with E-state index in [-0.39, 0.29) is 0 Å². The summed E-state index contributed by atoms with van der Waals surface area (Å²) in [7, 11) is 0. The maximum atomic E-state index is 2.70. The molecule has 0 spiro atoms. The van der Waals surface area contributed by atoms with Crippen molar-refractivity contribution in [3.63, 3.8) is 0 Å². The lowest BCUT2D eigenvalue weighted by Gasteiger charge is -2.40. The first-order valence-electron chi connectivity index (χ1n) is 8.19. The zero-order chi connectivity index (χ0) is 14.0. The van der Waals surface area contributed by atoms with Gasteiger partial charge in [-0.25, -0.2) is 4.58 Å². The molecule has 3 atom stereocenters. The Morgan fingerprint density at radius 3 is 2.70 bits per heavy atom. The van der Waals surface area contributed by atoms with Crippen LogP contribution in [0.1, 0.15) is 51.2 Å². The van der Waals surface area contributed by atoms with E-state index in [1.54, 1.807) is 0 Å². The lowest BCUT2D eigenvalue weighted by atomic mass is 9.68. The predicted octanol–water partition coefficient (Wildman–Crippen LogP) is 3.89. The molecule has 1 nitrogen and oxygen atoms in total. The molecule has 2 bridgehead atoms. The Kier molecular flexibility index (Phi) is 2.50. The average molecular weight is 268 g/mol. The van der Waals surface area contributed by atoms with E-state index in [9.17, 15) is 0 Å². The molecule has 1 aliphatic heterocycles. The van der Waals surface area contributed by atoms with Crippen molar-refractivity contribution in [2.24, 2.45) is 16.7 Å². The van der Waals surface area contributed by atoms with Crippen LogP contribution in [0, 0.1) is 16.7 Å². The molecule has 4 rings (SSSR count). The third-order valence-corrected chi connectivity index (χ3v) is 6.52. The molecule has 0 saturated heterocycles. The molecule has 1 heteroatoms. The molecule has 1 aromatic carbocycles. The summed E-state index contributed by atoms with van der Waals surface area (Å²) in [6.45, 7) is 8.77. The van der Waals surface area contributed by atoms with E-state index in [4.69, 9.17) is 0 Å². The molecule has 20 heavy (non-hydrogen) atoms. The van der Waals surface area contributed by atoms with Gasteiger partial charge in [0.15, 0.2) is 12.3 Å². The first kappa shape index (κ1) is 12.6. The van der Waals surface area contributed by atoms with Gasteiger partial charge in [0.2, 0.25) is 0 Å². The Balaban J connectivity index is 1.77. The molecule has 2 saturated carbocycles. The molecule has 0 N–H and O–H groups in total. The minimum atomic E-state index is 0.468. The van der Waals surface area contributed by atoms with Crippen molar-refractivity contribution >= 4 is 6.21 Å². The minimum Gasteiger partial charge on any atom is -0.231 e. The first-order valence-corrected chi connectivity index (χ1v) is 8.19. The lowest BCUT2D eigenvalue weighted by Crippen LogP contribution is -2.50. The van der Waals surface area contributed by atoms with Crippen LogP contribution in [-0.4, -0.2) is 23.4 Å². The van der Waals surface area contributed by atoms with Gasteiger partial charge < -0.3 is 0 Å². The number of rotatable bonds is 1. The number of fused-ring (bicyclic) bond motifs is 3. The van der Waals surface area contributed by atoms with Crippen LogP contribution in [0.3, 0.4) is 0 Å². The molecule has 106 valence electrons. The van der Waals surface area contributed by atoms with Crippen molar-refractivity contribution in [1.82, 2.24) is 0 Å². The second-order valence-electron chi connectivity index (χ2n) is 8.13. The summed E-state index contributed by atoms with van der Waals surface area (Å²) < 4.78 is 2.70. The molecular weight excluding hydrogens is 242 g/mol. The molecule has 0 amide bonds. The fraction of sp³-hybridized carbons (Fsp3) is 0.632. The zero-order valence-corrected chi connectivity index (χ0v) is 13.0. The number of hydrogen-bond acceptors (Lipinski definition) is 0. The van der Waals surface area contributed by atoms with E-state index in [2.05, 4.69) is 55.8 Å². The van der Waals surface area contributed by atoms with Crippen LogP contribution in [-0.2, 0) is 6.42 Å². The van der Waals surface area contributed by atoms with Crippen LogP contribution in [0.15, 0.2) is 24.3 Å². The van der Waals surface area contributed by atoms with Gasteiger partial charge in [-0.05, 0) is 36.8 Å². The highest BCUT2D eigenvalue weighted by Gasteiger charge is 2.64. The van der Waals surface area contributed by atoms with Crippen molar-refractivity contribution in [2.45, 2.75) is 52.5 Å². The van der Waals surface area contributed by atoms with Crippen LogP contribution in [0.5, 0.6) is 0 Å². The fourth-order valence-corrected chi connectivity index (χ4v) is 5.69. The van der Waals surface area contributed by atoms with Crippen LogP contribution < -0.4 is 0 Å². The van der Waals surface area contributed by atoms with E-state index in [0.29, 0.717) is 10.8 Å². The summed E-state index contributed by atoms with van der Waals surface area (Å²) in [4.78, 5) is 0. The van der Waals surface area contributed by atoms with Crippen LogP contribution in [0.25, 0.3) is 0 Å². The van der Waals surface area contributed by atoms with E-state index >= 15 is 0 Å². The maximum absolute atomic E-state index is 2.70. The third-order valence-electron chi connectivity index (χ3n) is 6.52. The summed E-state index contributed by atoms with van der Waals surface area (Å²) in [5.74, 6) is 0.933. The normalized spacial score (nSPS) is 37.6. The van der Waals surface area contributed by atoms with Gasteiger partial charge in [0.25, 0.3) is 0 Å². The van der Waals surface area contributed by atoms with Crippen molar-refractivity contribution < 1.29 is 4.58 Å². The molecule has 0 radical (unpaired) electrons. The smallest absolute Gasteiger partial charge is 0.171 e. The Hall–Kier alpha value is -1.11. The number of nitrogens with zero attached hydrogens (tertiary/aromatic N) is 1. The largest absolute Gasteiger partial charge is 0.231 e. The molecule has 2 fully saturated rings. The summed E-state index contributed by atoms with van der Waals surface area (Å²) in [5, 5.41) is 0. The van der Waals surface area contributed by atoms with Crippen LogP contribution in [0.2, 0.25) is 0 Å². The van der Waals surface area contributed by atoms with Crippen molar-refractivity contribution in [3.05, 3.63) is 35.4 Å². The maximum Gasteiger partial charge on any atom is 0.171 e. The Bertz CT molecular complexity index is 578. The fourth-order valence-electron chi connectivity index (χ4n) is 5.69. The number of hydrogen-bond donors (Lipinski definition) is 0. The third kappa shape index (κ3) is 1.58. The zero-order valence-electron chi connectivity index (χ0n) is 13.0. The van der Waals surface area contributed by atoms with Crippen molar-refractivity contribution in [2.75, 3.05) is 6.54 Å². The van der Waals surface area contributed by atoms with Gasteiger partial charge >= 0.3 is 0 Å². The Morgan fingerprint density at radius 1 is 1.15 bits per heavy atom. The molecule has 1 heterocycles. The highest BCUT2D eigenvalue weighted by Crippen LogP contribution is 2.63. The van der Waals surface area contributed by atoms with E-state index in [1.165, 1.54) is 43.4 Å². The van der Waals surface area contributed by atoms with E-state index < -0.39 is 0 Å². The van der Waals surface area contributed by atoms with Gasteiger partial charge in [0, 0.05) is 22.8 Å². The molecular formula is C19H26N+. The predicted molar refractivity (Wildman–Crippen MR) is 83.5 cm³/mol. The second kappa shape index (κ2) is 3.96. The Morgan fingerprint density at radius 2 is 1.95 bits per heavy atom. The minimum absolute atomic E-state index is 0.468. The highest BCUT2D eigenvalue weighted by atomic mass is 15.1. The molecule has 2 aliphatic carbocycles. The van der Waals surface area contributed by atoms with Gasteiger partial charge in [-0.1, -0.05) is 39.0 Å². The van der Waals surface area contributed by atoms with Gasteiger partial charge in [-0.2, -0.15) is 0 Å². The standard InChI is InChI=1S/C19H26N/c1-18(2)16-8-10-19(3,12-16)17(18)20-11-9-14-6-4-5-7-15(14)13-20/h4-7,13,16-17H,8-12H2,1-3H3/q+1/t16-,17-,19+/m0/s1. The number of benzene rings is 1. The quantitative estimate of drug-likeness (QED) is 0.680. The van der Waals surface area contributed by atoms with Crippen molar-refractivity contribution in [1.29, 1.82) is 0 Å².